The van der Waals surface area contributed by atoms with E-state index in [1.165, 1.54) is 26.2 Å². The van der Waals surface area contributed by atoms with Crippen LogP contribution in [0.25, 0.3) is 11.1 Å². The monoisotopic (exact) mass is 657 g/mol. The number of carbonyl (C=O) groups excluding carboxylic acids is 2. The van der Waals surface area contributed by atoms with Crippen molar-refractivity contribution in [1.82, 2.24) is 4.90 Å². The highest BCUT2D eigenvalue weighted by molar-refractivity contribution is 5.99. The molecule has 3 aromatic carbocycles. The maximum Gasteiger partial charge on any atom is 0.314 e. The summed E-state index contributed by atoms with van der Waals surface area (Å²) in [6.07, 6.45) is 3.99. The molecular formula is C39H47NO8. The quantitative estimate of drug-likeness (QED) is 0.105. The molecule has 0 radical (unpaired) electrons. The zero-order chi connectivity index (χ0) is 34.1. The van der Waals surface area contributed by atoms with E-state index in [2.05, 4.69) is 30.0 Å². The number of esters is 2. The average molecular weight is 658 g/mol. The number of carbonyl (C=O) groups is 2. The number of piperidine rings is 1. The van der Waals surface area contributed by atoms with Crippen molar-refractivity contribution in [2.24, 2.45) is 5.41 Å². The lowest BCUT2D eigenvalue weighted by molar-refractivity contribution is -0.159. The number of benzene rings is 3. The lowest BCUT2D eigenvalue weighted by atomic mass is 9.88. The highest BCUT2D eigenvalue weighted by atomic mass is 16.7. The molecule has 256 valence electrons. The number of likely N-dealkylation sites (tertiary alicyclic amines) is 1. The number of nitrogens with zero attached hydrogens (tertiary/aromatic N) is 1. The molecule has 48 heavy (non-hydrogen) atoms. The van der Waals surface area contributed by atoms with Gasteiger partial charge in [0, 0.05) is 13.5 Å². The molecule has 2 heterocycles. The van der Waals surface area contributed by atoms with Crippen LogP contribution in [-0.4, -0.2) is 62.8 Å². The summed E-state index contributed by atoms with van der Waals surface area (Å²) >= 11 is 0. The Morgan fingerprint density at radius 1 is 0.812 bits per heavy atom. The summed E-state index contributed by atoms with van der Waals surface area (Å²) in [6.45, 7) is 12.0. The first-order chi connectivity index (χ1) is 23.1. The summed E-state index contributed by atoms with van der Waals surface area (Å²) in [5.41, 5.74) is 4.62. The molecule has 1 unspecified atom stereocenters. The van der Waals surface area contributed by atoms with Gasteiger partial charge in [0.05, 0.1) is 5.41 Å². The second-order valence-corrected chi connectivity index (χ2v) is 13.2. The average Bonchev–Trinajstić information content (AvgIpc) is 3.55. The summed E-state index contributed by atoms with van der Waals surface area (Å²) < 4.78 is 34.0. The number of rotatable bonds is 13. The van der Waals surface area contributed by atoms with Gasteiger partial charge in [0.15, 0.2) is 11.5 Å². The molecule has 0 aliphatic carbocycles. The second-order valence-electron chi connectivity index (χ2n) is 13.2. The normalized spacial score (nSPS) is 15.7. The van der Waals surface area contributed by atoms with Gasteiger partial charge in [-0.25, -0.2) is 0 Å². The lowest BCUT2D eigenvalue weighted by Crippen LogP contribution is -2.40. The van der Waals surface area contributed by atoms with Crippen LogP contribution in [-0.2, 0) is 19.1 Å². The van der Waals surface area contributed by atoms with Gasteiger partial charge in [-0.15, -0.1) is 0 Å². The van der Waals surface area contributed by atoms with E-state index in [1.54, 1.807) is 20.8 Å². The van der Waals surface area contributed by atoms with Crippen molar-refractivity contribution in [1.29, 1.82) is 0 Å². The first kappa shape index (κ1) is 34.8. The van der Waals surface area contributed by atoms with Gasteiger partial charge >= 0.3 is 11.9 Å². The highest BCUT2D eigenvalue weighted by Crippen LogP contribution is 2.40. The van der Waals surface area contributed by atoms with Gasteiger partial charge in [-0.3, -0.25) is 14.5 Å². The molecule has 0 N–H and O–H groups in total. The van der Waals surface area contributed by atoms with Crippen molar-refractivity contribution in [3.63, 3.8) is 0 Å². The predicted molar refractivity (Wildman–Crippen MR) is 184 cm³/mol. The van der Waals surface area contributed by atoms with Crippen LogP contribution < -0.4 is 18.9 Å². The maximum atomic E-state index is 12.1. The third-order valence-corrected chi connectivity index (χ3v) is 8.37. The fourth-order valence-electron chi connectivity index (χ4n) is 5.91. The summed E-state index contributed by atoms with van der Waals surface area (Å²) in [4.78, 5) is 26.3. The van der Waals surface area contributed by atoms with Gasteiger partial charge in [0.25, 0.3) is 0 Å². The molecule has 0 bridgehead atoms. The highest BCUT2D eigenvalue weighted by Gasteiger charge is 2.24. The topological polar surface area (TPSA) is 92.8 Å². The minimum atomic E-state index is -0.601. The number of ether oxygens (including phenoxy) is 6. The molecule has 0 saturated carbocycles. The molecule has 3 aromatic rings. The molecule has 2 aliphatic heterocycles. The molecule has 2 aliphatic rings. The largest absolute Gasteiger partial charge is 0.490 e. The third kappa shape index (κ3) is 9.31. The van der Waals surface area contributed by atoms with E-state index < -0.39 is 5.41 Å². The molecule has 0 aromatic heterocycles. The molecule has 1 saturated heterocycles. The van der Waals surface area contributed by atoms with Crippen molar-refractivity contribution in [3.8, 4) is 23.0 Å². The number of allylic oxidation sites excluding steroid dienone is 1. The summed E-state index contributed by atoms with van der Waals surface area (Å²) in [5.74, 6) is 2.13. The Morgan fingerprint density at radius 3 is 2.02 bits per heavy atom. The van der Waals surface area contributed by atoms with Crippen molar-refractivity contribution >= 4 is 23.1 Å². The fourth-order valence-corrected chi connectivity index (χ4v) is 5.91. The minimum Gasteiger partial charge on any atom is -0.490 e. The SMILES string of the molecule is CCC(=C(c1ccc(OCOC(=O)C(C)(C)C)cc1)c1ccc(OCC(CN2CCCCC2)OC(C)=O)cc1)c1ccc2c(c1)OCO2. The number of hydrogen-bond donors (Lipinski definition) is 0. The third-order valence-electron chi connectivity index (χ3n) is 8.37. The first-order valence-electron chi connectivity index (χ1n) is 16.8. The molecule has 1 atom stereocenters. The maximum absolute atomic E-state index is 12.1. The molecule has 0 spiro atoms. The van der Waals surface area contributed by atoms with Gasteiger partial charge in [-0.1, -0.05) is 43.7 Å². The summed E-state index contributed by atoms with van der Waals surface area (Å²) in [5, 5.41) is 0. The minimum absolute atomic E-state index is 0.159. The first-order valence-corrected chi connectivity index (χ1v) is 16.8. The van der Waals surface area contributed by atoms with E-state index in [9.17, 15) is 9.59 Å². The molecule has 5 rings (SSSR count). The molecule has 9 heteroatoms. The van der Waals surface area contributed by atoms with Crippen LogP contribution in [0.2, 0.25) is 0 Å². The Kier molecular flexibility index (Phi) is 11.7. The number of fused-ring (bicyclic) bond motifs is 1. The van der Waals surface area contributed by atoms with Gasteiger partial charge in [0.2, 0.25) is 13.6 Å². The van der Waals surface area contributed by atoms with E-state index in [-0.39, 0.29) is 38.2 Å². The summed E-state index contributed by atoms with van der Waals surface area (Å²) in [7, 11) is 0. The van der Waals surface area contributed by atoms with Crippen molar-refractivity contribution < 1.29 is 38.0 Å². The van der Waals surface area contributed by atoms with Crippen molar-refractivity contribution in [2.45, 2.75) is 66.4 Å². The lowest BCUT2D eigenvalue weighted by Gasteiger charge is -2.30. The van der Waals surface area contributed by atoms with Crippen LogP contribution in [0.15, 0.2) is 66.7 Å². The van der Waals surface area contributed by atoms with E-state index in [4.69, 9.17) is 28.4 Å². The standard InChI is InChI=1S/C39H47NO8/c1-6-34(30-14-19-35-36(22-30)46-26-45-35)37(29-12-17-32(18-13-29)44-25-47-38(42)39(3,4)5)28-10-15-31(16-11-28)43-24-33(48-27(2)41)23-40-20-8-7-9-21-40/h10-19,22,33H,6-9,20-21,23-26H2,1-5H3. The smallest absolute Gasteiger partial charge is 0.314 e. The fraction of sp³-hybridized carbons (Fsp3) is 0.436. The van der Waals surface area contributed by atoms with E-state index in [1.807, 2.05) is 48.5 Å². The van der Waals surface area contributed by atoms with Crippen LogP contribution in [0.1, 0.15) is 77.0 Å². The molecular weight excluding hydrogens is 610 g/mol. The molecule has 0 amide bonds. The Balaban J connectivity index is 1.38. The van der Waals surface area contributed by atoms with Crippen LogP contribution in [0, 0.1) is 5.41 Å². The molecule has 9 nitrogen and oxygen atoms in total. The second kappa shape index (κ2) is 16.1. The van der Waals surface area contributed by atoms with Crippen LogP contribution in [0.4, 0.5) is 0 Å². The Bertz CT molecular complexity index is 1570. The van der Waals surface area contributed by atoms with Crippen LogP contribution in [0.3, 0.4) is 0 Å². The van der Waals surface area contributed by atoms with E-state index in [0.717, 1.165) is 58.8 Å². The van der Waals surface area contributed by atoms with Gasteiger partial charge < -0.3 is 28.4 Å². The zero-order valence-corrected chi connectivity index (χ0v) is 28.7. The van der Waals surface area contributed by atoms with Crippen LogP contribution in [0.5, 0.6) is 23.0 Å². The Morgan fingerprint density at radius 2 is 1.42 bits per heavy atom. The van der Waals surface area contributed by atoms with E-state index in [0.29, 0.717) is 18.0 Å². The van der Waals surface area contributed by atoms with E-state index >= 15 is 0 Å². The zero-order valence-electron chi connectivity index (χ0n) is 28.7. The Labute approximate surface area is 283 Å². The summed E-state index contributed by atoms with van der Waals surface area (Å²) in [6, 6.07) is 21.8. The molecule has 1 fully saturated rings. The van der Waals surface area contributed by atoms with Crippen molar-refractivity contribution in [2.75, 3.05) is 39.8 Å². The number of hydrogen-bond acceptors (Lipinski definition) is 9. The van der Waals surface area contributed by atoms with Gasteiger partial charge in [0.1, 0.15) is 24.2 Å². The predicted octanol–water partition coefficient (Wildman–Crippen LogP) is 7.51. The van der Waals surface area contributed by atoms with Gasteiger partial charge in [-0.2, -0.15) is 0 Å². The van der Waals surface area contributed by atoms with Crippen molar-refractivity contribution in [3.05, 3.63) is 83.4 Å². The van der Waals surface area contributed by atoms with Gasteiger partial charge in [-0.05, 0) is 117 Å². The van der Waals surface area contributed by atoms with Crippen LogP contribution >= 0.6 is 0 Å². The Hall–Kier alpha value is -4.50.